The van der Waals surface area contributed by atoms with Crippen LogP contribution in [-0.2, 0) is 5.75 Å². The Hall–Kier alpha value is -2.01. The topological polar surface area (TPSA) is 67.5 Å². The number of Topliss-reactive ketones (excluding diaryl/α,β-unsaturated/α-hetero) is 1. The highest BCUT2D eigenvalue weighted by atomic mass is 32.2. The number of thioether (sulfide) groups is 1. The van der Waals surface area contributed by atoms with Crippen molar-refractivity contribution in [2.45, 2.75) is 12.7 Å². The molecule has 1 N–H and O–H groups in total. The first-order valence-electron chi connectivity index (χ1n) is 6.05. The van der Waals surface area contributed by atoms with Crippen molar-refractivity contribution in [3.63, 3.8) is 0 Å². The van der Waals surface area contributed by atoms with Crippen LogP contribution in [0.2, 0.25) is 0 Å². The number of carbonyl (C=O) groups excluding carboxylic acids is 1. The van der Waals surface area contributed by atoms with E-state index < -0.39 is 5.97 Å². The molecule has 2 rings (SSSR count). The summed E-state index contributed by atoms with van der Waals surface area (Å²) < 4.78 is 5.19. The predicted molar refractivity (Wildman–Crippen MR) is 77.3 cm³/mol. The lowest BCUT2D eigenvalue weighted by atomic mass is 10.0. The van der Waals surface area contributed by atoms with Crippen molar-refractivity contribution in [2.24, 2.45) is 0 Å². The molecule has 0 saturated heterocycles. The van der Waals surface area contributed by atoms with Gasteiger partial charge < -0.3 is 9.52 Å². The molecule has 0 unspecified atom stereocenters. The van der Waals surface area contributed by atoms with E-state index in [4.69, 9.17) is 9.52 Å². The number of carboxylic acid groups (broad SMARTS) is 1. The summed E-state index contributed by atoms with van der Waals surface area (Å²) in [7, 11) is 0. The number of furan rings is 1. The van der Waals surface area contributed by atoms with Crippen LogP contribution in [0.3, 0.4) is 0 Å². The number of carboxylic acids is 1. The maximum absolute atomic E-state index is 12.1. The van der Waals surface area contributed by atoms with Gasteiger partial charge in [0, 0.05) is 5.56 Å². The summed E-state index contributed by atoms with van der Waals surface area (Å²) in [5.74, 6) is 0.643. The summed E-state index contributed by atoms with van der Waals surface area (Å²) in [5, 5.41) is 8.95. The van der Waals surface area contributed by atoms with Crippen molar-refractivity contribution in [1.29, 1.82) is 0 Å². The van der Waals surface area contributed by atoms with Crippen LogP contribution < -0.4 is 0 Å². The van der Waals surface area contributed by atoms with Crippen molar-refractivity contribution < 1.29 is 19.1 Å². The number of hydrogen-bond acceptors (Lipinski definition) is 4. The van der Waals surface area contributed by atoms with Crippen molar-refractivity contribution >= 4 is 23.5 Å². The third kappa shape index (κ3) is 3.51. The number of ketones is 1. The van der Waals surface area contributed by atoms with Gasteiger partial charge in [0.25, 0.3) is 0 Å². The number of benzene rings is 1. The predicted octanol–water partition coefficient (Wildman–Crippen LogP) is 3.40. The number of carbonyl (C=O) groups is 2. The standard InChI is InChI=1S/C15H14O4S/c1-10-4-5-11(15(17)18)7-13(10)14(16)9-20-8-12-3-2-6-19-12/h2-7H,8-9H2,1H3,(H,17,18). The summed E-state index contributed by atoms with van der Waals surface area (Å²) in [4.78, 5) is 23.1. The zero-order valence-corrected chi connectivity index (χ0v) is 11.8. The molecule has 1 aromatic heterocycles. The second kappa shape index (κ2) is 6.43. The summed E-state index contributed by atoms with van der Waals surface area (Å²) in [6, 6.07) is 8.26. The zero-order valence-electron chi connectivity index (χ0n) is 11.0. The molecule has 4 nitrogen and oxygen atoms in total. The highest BCUT2D eigenvalue weighted by Gasteiger charge is 2.13. The Morgan fingerprint density at radius 3 is 2.75 bits per heavy atom. The number of aromatic carboxylic acids is 1. The van der Waals surface area contributed by atoms with Gasteiger partial charge in [-0.1, -0.05) is 6.07 Å². The minimum absolute atomic E-state index is 0.0674. The van der Waals surface area contributed by atoms with Crippen LogP contribution in [0.1, 0.15) is 32.0 Å². The molecule has 0 aliphatic carbocycles. The molecular weight excluding hydrogens is 276 g/mol. The first-order chi connectivity index (χ1) is 9.58. The first kappa shape index (κ1) is 14.4. The van der Waals surface area contributed by atoms with E-state index in [1.54, 1.807) is 25.3 Å². The first-order valence-corrected chi connectivity index (χ1v) is 7.20. The van der Waals surface area contributed by atoms with Crippen LogP contribution in [0, 0.1) is 6.92 Å². The second-order valence-corrected chi connectivity index (χ2v) is 5.32. The van der Waals surface area contributed by atoms with Crippen LogP contribution in [0.15, 0.2) is 41.0 Å². The van der Waals surface area contributed by atoms with Gasteiger partial charge in [-0.2, -0.15) is 0 Å². The highest BCUT2D eigenvalue weighted by Crippen LogP contribution is 2.17. The van der Waals surface area contributed by atoms with Gasteiger partial charge in [0.2, 0.25) is 0 Å². The fourth-order valence-corrected chi connectivity index (χ4v) is 2.58. The van der Waals surface area contributed by atoms with E-state index in [1.807, 2.05) is 6.07 Å². The van der Waals surface area contributed by atoms with Gasteiger partial charge in [0.05, 0.1) is 23.3 Å². The molecule has 0 aliphatic rings. The number of rotatable bonds is 6. The zero-order chi connectivity index (χ0) is 14.5. The van der Waals surface area contributed by atoms with Crippen LogP contribution >= 0.6 is 11.8 Å². The summed E-state index contributed by atoms with van der Waals surface area (Å²) in [6.45, 7) is 1.80. The minimum atomic E-state index is -1.03. The Kier molecular flexibility index (Phi) is 4.63. The molecule has 5 heteroatoms. The lowest BCUT2D eigenvalue weighted by molar-refractivity contribution is 0.0697. The fraction of sp³-hybridized carbons (Fsp3) is 0.200. The highest BCUT2D eigenvalue weighted by molar-refractivity contribution is 7.99. The molecule has 0 saturated carbocycles. The third-order valence-electron chi connectivity index (χ3n) is 2.84. The Balaban J connectivity index is 2.01. The molecule has 2 aromatic rings. The molecular formula is C15H14O4S. The Morgan fingerprint density at radius 2 is 2.10 bits per heavy atom. The smallest absolute Gasteiger partial charge is 0.335 e. The van der Waals surface area contributed by atoms with Crippen LogP contribution in [0.5, 0.6) is 0 Å². The van der Waals surface area contributed by atoms with Crippen LogP contribution in [-0.4, -0.2) is 22.6 Å². The van der Waals surface area contributed by atoms with E-state index in [1.165, 1.54) is 23.9 Å². The van der Waals surface area contributed by atoms with E-state index >= 15 is 0 Å². The molecule has 0 bridgehead atoms. The van der Waals surface area contributed by atoms with E-state index in [0.717, 1.165) is 11.3 Å². The Labute approximate surface area is 120 Å². The molecule has 0 aliphatic heterocycles. The van der Waals surface area contributed by atoms with E-state index in [2.05, 4.69) is 0 Å². The van der Waals surface area contributed by atoms with Gasteiger partial charge in [0.1, 0.15) is 5.76 Å². The van der Waals surface area contributed by atoms with Gasteiger partial charge in [-0.25, -0.2) is 4.79 Å². The molecule has 0 atom stereocenters. The summed E-state index contributed by atoms with van der Waals surface area (Å²) in [5.41, 5.74) is 1.39. The van der Waals surface area contributed by atoms with E-state index in [-0.39, 0.29) is 11.3 Å². The minimum Gasteiger partial charge on any atom is -0.478 e. The van der Waals surface area contributed by atoms with Gasteiger partial charge in [0.15, 0.2) is 5.78 Å². The normalized spacial score (nSPS) is 10.4. The molecule has 0 amide bonds. The monoisotopic (exact) mass is 290 g/mol. The SMILES string of the molecule is Cc1ccc(C(=O)O)cc1C(=O)CSCc1ccco1. The summed E-state index contributed by atoms with van der Waals surface area (Å²) >= 11 is 1.45. The van der Waals surface area contributed by atoms with Gasteiger partial charge in [-0.15, -0.1) is 11.8 Å². The fourth-order valence-electron chi connectivity index (χ4n) is 1.77. The van der Waals surface area contributed by atoms with Gasteiger partial charge in [-0.05, 0) is 36.8 Å². The van der Waals surface area contributed by atoms with E-state index in [9.17, 15) is 9.59 Å². The maximum Gasteiger partial charge on any atom is 0.335 e. The maximum atomic E-state index is 12.1. The lowest BCUT2D eigenvalue weighted by Gasteiger charge is -2.06. The average Bonchev–Trinajstić information content (AvgIpc) is 2.92. The number of hydrogen-bond donors (Lipinski definition) is 1. The molecule has 1 heterocycles. The average molecular weight is 290 g/mol. The van der Waals surface area contributed by atoms with Crippen molar-refractivity contribution in [3.8, 4) is 0 Å². The number of aryl methyl sites for hydroxylation is 1. The van der Waals surface area contributed by atoms with Crippen LogP contribution in [0.25, 0.3) is 0 Å². The molecule has 0 spiro atoms. The third-order valence-corrected chi connectivity index (χ3v) is 3.80. The molecule has 20 heavy (non-hydrogen) atoms. The van der Waals surface area contributed by atoms with E-state index in [0.29, 0.717) is 17.1 Å². The van der Waals surface area contributed by atoms with Crippen molar-refractivity contribution in [3.05, 3.63) is 59.0 Å². The molecule has 1 aromatic carbocycles. The molecule has 104 valence electrons. The Morgan fingerprint density at radius 1 is 1.30 bits per heavy atom. The van der Waals surface area contributed by atoms with Gasteiger partial charge >= 0.3 is 5.97 Å². The second-order valence-electron chi connectivity index (χ2n) is 4.33. The summed E-state index contributed by atoms with van der Waals surface area (Å²) in [6.07, 6.45) is 1.60. The quantitative estimate of drug-likeness (QED) is 0.826. The largest absolute Gasteiger partial charge is 0.478 e. The van der Waals surface area contributed by atoms with Crippen molar-refractivity contribution in [1.82, 2.24) is 0 Å². The Bertz CT molecular complexity index is 617. The van der Waals surface area contributed by atoms with Crippen molar-refractivity contribution in [2.75, 3.05) is 5.75 Å². The van der Waals surface area contributed by atoms with Gasteiger partial charge in [-0.3, -0.25) is 4.79 Å². The lowest BCUT2D eigenvalue weighted by Crippen LogP contribution is -2.07. The molecule has 0 fully saturated rings. The van der Waals surface area contributed by atoms with Crippen LogP contribution in [0.4, 0.5) is 0 Å². The molecule has 0 radical (unpaired) electrons.